The lowest BCUT2D eigenvalue weighted by atomic mass is 10.1. The maximum absolute atomic E-state index is 2.20. The van der Waals surface area contributed by atoms with Crippen LogP contribution in [0.3, 0.4) is 0 Å². The van der Waals surface area contributed by atoms with Gasteiger partial charge in [0.25, 0.3) is 0 Å². The van der Waals surface area contributed by atoms with Crippen molar-refractivity contribution in [2.75, 3.05) is 0 Å². The van der Waals surface area contributed by atoms with Gasteiger partial charge in [-0.1, -0.05) is 48.5 Å². The number of benzene rings is 2. The van der Waals surface area contributed by atoms with Crippen molar-refractivity contribution in [3.8, 4) is 16.9 Å². The van der Waals surface area contributed by atoms with E-state index in [9.17, 15) is 0 Å². The molecule has 0 aliphatic rings. The summed E-state index contributed by atoms with van der Waals surface area (Å²) in [5, 5.41) is 0. The third-order valence-corrected chi connectivity index (χ3v) is 2.85. The van der Waals surface area contributed by atoms with Gasteiger partial charge in [0.15, 0.2) is 0 Å². The predicted molar refractivity (Wildman–Crippen MR) is 71.2 cm³/mol. The van der Waals surface area contributed by atoms with Gasteiger partial charge in [0.1, 0.15) is 0 Å². The monoisotopic (exact) mass is 219 g/mol. The average Bonchev–Trinajstić information content (AvgIpc) is 2.90. The van der Waals surface area contributed by atoms with Crippen LogP contribution in [0.1, 0.15) is 0 Å². The fourth-order valence-corrected chi connectivity index (χ4v) is 2.04. The third-order valence-electron chi connectivity index (χ3n) is 2.85. The van der Waals surface area contributed by atoms with Crippen LogP contribution in [0.2, 0.25) is 0 Å². The normalized spacial score (nSPS) is 10.4. The van der Waals surface area contributed by atoms with Crippen LogP contribution in [0.4, 0.5) is 0 Å². The second kappa shape index (κ2) is 4.30. The summed E-state index contributed by atoms with van der Waals surface area (Å²) in [6.07, 6.45) is 2.09. The van der Waals surface area contributed by atoms with E-state index in [2.05, 4.69) is 71.4 Å². The zero-order valence-electron chi connectivity index (χ0n) is 9.45. The van der Waals surface area contributed by atoms with Crippen molar-refractivity contribution in [3.05, 3.63) is 79.0 Å². The lowest BCUT2D eigenvalue weighted by Gasteiger charge is -2.09. The molecule has 1 aromatic heterocycles. The summed E-state index contributed by atoms with van der Waals surface area (Å²) in [5.74, 6) is 0. The van der Waals surface area contributed by atoms with Gasteiger partial charge in [-0.15, -0.1) is 0 Å². The summed E-state index contributed by atoms with van der Waals surface area (Å²) in [4.78, 5) is 0. The van der Waals surface area contributed by atoms with Crippen LogP contribution in [-0.2, 0) is 0 Å². The van der Waals surface area contributed by atoms with E-state index in [0.717, 1.165) is 0 Å². The van der Waals surface area contributed by atoms with Crippen LogP contribution in [0.25, 0.3) is 16.9 Å². The van der Waals surface area contributed by atoms with Crippen molar-refractivity contribution < 1.29 is 0 Å². The molecule has 0 aliphatic heterocycles. The largest absolute Gasteiger partial charge is 0.317 e. The number of hydrogen-bond acceptors (Lipinski definition) is 0. The van der Waals surface area contributed by atoms with E-state index in [-0.39, 0.29) is 0 Å². The SMILES string of the molecule is c1ccc(-c2cccn2-c2ccccc2)cc1. The molecule has 1 nitrogen and oxygen atoms in total. The Labute approximate surface area is 101 Å². The van der Waals surface area contributed by atoms with E-state index in [1.165, 1.54) is 16.9 Å². The van der Waals surface area contributed by atoms with E-state index in [1.807, 2.05) is 12.1 Å². The molecule has 0 fully saturated rings. The van der Waals surface area contributed by atoms with Crippen molar-refractivity contribution in [2.24, 2.45) is 0 Å². The fraction of sp³-hybridized carbons (Fsp3) is 0. The average molecular weight is 219 g/mol. The molecule has 0 spiro atoms. The molecule has 0 amide bonds. The highest BCUT2D eigenvalue weighted by atomic mass is 15.0. The minimum Gasteiger partial charge on any atom is -0.317 e. The topological polar surface area (TPSA) is 4.93 Å². The van der Waals surface area contributed by atoms with Gasteiger partial charge in [0.05, 0.1) is 5.69 Å². The number of nitrogens with zero attached hydrogens (tertiary/aromatic N) is 1. The maximum atomic E-state index is 2.20. The van der Waals surface area contributed by atoms with Gasteiger partial charge < -0.3 is 4.57 Å². The van der Waals surface area contributed by atoms with Gasteiger partial charge in [-0.05, 0) is 29.8 Å². The summed E-state index contributed by atoms with van der Waals surface area (Å²) in [7, 11) is 0. The zero-order chi connectivity index (χ0) is 11.5. The van der Waals surface area contributed by atoms with Crippen LogP contribution < -0.4 is 0 Å². The summed E-state index contributed by atoms with van der Waals surface area (Å²) in [5.41, 5.74) is 3.65. The minimum absolute atomic E-state index is 1.19. The van der Waals surface area contributed by atoms with Crippen molar-refractivity contribution in [3.63, 3.8) is 0 Å². The molecule has 2 aromatic carbocycles. The van der Waals surface area contributed by atoms with E-state index in [1.54, 1.807) is 0 Å². The number of aromatic nitrogens is 1. The number of para-hydroxylation sites is 1. The molecule has 17 heavy (non-hydrogen) atoms. The molecule has 0 saturated carbocycles. The Morgan fingerprint density at radius 1 is 0.588 bits per heavy atom. The Morgan fingerprint density at radius 3 is 1.94 bits per heavy atom. The molecule has 0 atom stereocenters. The van der Waals surface area contributed by atoms with Gasteiger partial charge in [-0.3, -0.25) is 0 Å². The second-order valence-electron chi connectivity index (χ2n) is 3.97. The van der Waals surface area contributed by atoms with Crippen molar-refractivity contribution in [1.82, 2.24) is 4.57 Å². The van der Waals surface area contributed by atoms with Crippen molar-refractivity contribution in [1.29, 1.82) is 0 Å². The van der Waals surface area contributed by atoms with Gasteiger partial charge in [-0.25, -0.2) is 0 Å². The molecule has 1 heterocycles. The van der Waals surface area contributed by atoms with E-state index < -0.39 is 0 Å². The van der Waals surface area contributed by atoms with Crippen LogP contribution in [0, 0.1) is 0 Å². The molecule has 1 heteroatoms. The molecular weight excluding hydrogens is 206 g/mol. The summed E-state index contributed by atoms with van der Waals surface area (Å²) < 4.78 is 2.20. The molecule has 0 saturated heterocycles. The lowest BCUT2D eigenvalue weighted by Crippen LogP contribution is -1.93. The first-order chi connectivity index (χ1) is 8.45. The smallest absolute Gasteiger partial charge is 0.0528 e. The first kappa shape index (κ1) is 9.91. The summed E-state index contributed by atoms with van der Waals surface area (Å²) in [6, 6.07) is 25.1. The Kier molecular flexibility index (Phi) is 2.51. The van der Waals surface area contributed by atoms with Gasteiger partial charge in [0.2, 0.25) is 0 Å². The molecule has 82 valence electrons. The van der Waals surface area contributed by atoms with Crippen molar-refractivity contribution >= 4 is 0 Å². The molecular formula is C16H13N. The fourth-order valence-electron chi connectivity index (χ4n) is 2.04. The molecule has 0 aliphatic carbocycles. The second-order valence-corrected chi connectivity index (χ2v) is 3.97. The highest BCUT2D eigenvalue weighted by molar-refractivity contribution is 5.62. The Bertz CT molecular complexity index is 540. The summed E-state index contributed by atoms with van der Waals surface area (Å²) in [6.45, 7) is 0. The van der Waals surface area contributed by atoms with Crippen molar-refractivity contribution in [2.45, 2.75) is 0 Å². The van der Waals surface area contributed by atoms with Crippen LogP contribution in [0.5, 0.6) is 0 Å². The molecule has 3 rings (SSSR count). The van der Waals surface area contributed by atoms with Crippen LogP contribution in [0.15, 0.2) is 79.0 Å². The minimum atomic E-state index is 1.19. The summed E-state index contributed by atoms with van der Waals surface area (Å²) >= 11 is 0. The van der Waals surface area contributed by atoms with E-state index in [4.69, 9.17) is 0 Å². The Hall–Kier alpha value is -2.28. The maximum Gasteiger partial charge on any atom is 0.0528 e. The standard InChI is InChI=1S/C16H13N/c1-3-8-14(9-4-1)16-12-7-13-17(16)15-10-5-2-6-11-15/h1-13H. The molecule has 0 bridgehead atoms. The number of hydrogen-bond donors (Lipinski definition) is 0. The molecule has 0 unspecified atom stereocenters. The zero-order valence-corrected chi connectivity index (χ0v) is 9.45. The molecule has 0 radical (unpaired) electrons. The van der Waals surface area contributed by atoms with Gasteiger partial charge in [0, 0.05) is 11.9 Å². The Balaban J connectivity index is 2.13. The van der Waals surface area contributed by atoms with Gasteiger partial charge in [-0.2, -0.15) is 0 Å². The highest BCUT2D eigenvalue weighted by Crippen LogP contribution is 2.23. The van der Waals surface area contributed by atoms with Gasteiger partial charge >= 0.3 is 0 Å². The van der Waals surface area contributed by atoms with E-state index in [0.29, 0.717) is 0 Å². The molecule has 3 aromatic rings. The highest BCUT2D eigenvalue weighted by Gasteiger charge is 2.04. The van der Waals surface area contributed by atoms with Crippen LogP contribution >= 0.6 is 0 Å². The first-order valence-corrected chi connectivity index (χ1v) is 5.73. The quantitative estimate of drug-likeness (QED) is 0.610. The van der Waals surface area contributed by atoms with Crippen LogP contribution in [-0.4, -0.2) is 4.57 Å². The third kappa shape index (κ3) is 1.87. The molecule has 0 N–H and O–H groups in total. The lowest BCUT2D eigenvalue weighted by molar-refractivity contribution is 1.09. The number of rotatable bonds is 2. The Morgan fingerprint density at radius 2 is 1.24 bits per heavy atom. The first-order valence-electron chi connectivity index (χ1n) is 5.73. The predicted octanol–water partition coefficient (Wildman–Crippen LogP) is 4.14. The van der Waals surface area contributed by atoms with E-state index >= 15 is 0 Å².